The Kier molecular flexibility index (Phi) is 4.46. The minimum atomic E-state index is -4.56. The van der Waals surface area contributed by atoms with E-state index in [0.29, 0.717) is 39.7 Å². The summed E-state index contributed by atoms with van der Waals surface area (Å²) in [5.41, 5.74) is 0.193. The first-order chi connectivity index (χ1) is 13.6. The number of fused-ring (bicyclic) bond motifs is 1. The molecule has 0 radical (unpaired) electrons. The van der Waals surface area contributed by atoms with Gasteiger partial charge in [0.2, 0.25) is 0 Å². The zero-order valence-corrected chi connectivity index (χ0v) is 16.4. The van der Waals surface area contributed by atoms with Crippen molar-refractivity contribution >= 4 is 23.1 Å². The van der Waals surface area contributed by atoms with Crippen molar-refractivity contribution in [3.63, 3.8) is 0 Å². The fourth-order valence-corrected chi connectivity index (χ4v) is 3.31. The molecular weight excluding hydrogens is 407 g/mol. The summed E-state index contributed by atoms with van der Waals surface area (Å²) in [5, 5.41) is 2.99. The average molecular weight is 423 g/mol. The third-order valence-corrected chi connectivity index (χ3v) is 5.01. The topological polar surface area (TPSA) is 95.0 Å². The number of rotatable bonds is 5. The Balaban J connectivity index is 1.74. The van der Waals surface area contributed by atoms with Crippen molar-refractivity contribution in [3.05, 3.63) is 42.1 Å². The first-order valence-electron chi connectivity index (χ1n) is 8.48. The van der Waals surface area contributed by atoms with Gasteiger partial charge in [0.05, 0.1) is 34.0 Å². The molecule has 1 aliphatic rings. The van der Waals surface area contributed by atoms with Crippen LogP contribution in [0.2, 0.25) is 0 Å². The molecule has 11 heteroatoms. The number of nitrogens with zero attached hydrogens (tertiary/aromatic N) is 4. The SMILES string of the molecule is Cn1c(-c2ncc(OC(C)(C)C3=CN3)cc2SO)nc2cc(C(F)(F)F)ncc21. The number of hydrogen-bond donors (Lipinski definition) is 2. The Bertz CT molecular complexity index is 1140. The second-order valence-corrected chi connectivity index (χ2v) is 7.60. The van der Waals surface area contributed by atoms with Gasteiger partial charge in [-0.05, 0) is 26.0 Å². The summed E-state index contributed by atoms with van der Waals surface area (Å²) < 4.78 is 56.1. The van der Waals surface area contributed by atoms with Crippen LogP contribution in [0.5, 0.6) is 5.75 Å². The molecule has 0 saturated carbocycles. The Morgan fingerprint density at radius 3 is 2.52 bits per heavy atom. The van der Waals surface area contributed by atoms with Crippen molar-refractivity contribution in [1.29, 1.82) is 0 Å². The van der Waals surface area contributed by atoms with Gasteiger partial charge in [-0.1, -0.05) is 0 Å². The van der Waals surface area contributed by atoms with Gasteiger partial charge in [-0.3, -0.25) is 0 Å². The maximum absolute atomic E-state index is 12.9. The Hall–Kier alpha value is -2.79. The van der Waals surface area contributed by atoms with E-state index < -0.39 is 17.5 Å². The van der Waals surface area contributed by atoms with E-state index in [9.17, 15) is 17.7 Å². The highest BCUT2D eigenvalue weighted by Gasteiger charge is 2.33. The van der Waals surface area contributed by atoms with Gasteiger partial charge < -0.3 is 19.2 Å². The fraction of sp³-hybridized carbons (Fsp3) is 0.278. The van der Waals surface area contributed by atoms with E-state index >= 15 is 0 Å². The second-order valence-electron chi connectivity index (χ2n) is 6.97. The van der Waals surface area contributed by atoms with Crippen LogP contribution in [0, 0.1) is 0 Å². The van der Waals surface area contributed by atoms with Gasteiger partial charge in [-0.25, -0.2) is 15.0 Å². The third kappa shape index (κ3) is 3.62. The molecule has 4 heterocycles. The quantitative estimate of drug-likeness (QED) is 0.594. The Labute approximate surface area is 167 Å². The summed E-state index contributed by atoms with van der Waals surface area (Å²) in [6.07, 6.45) is -0.130. The molecule has 0 unspecified atom stereocenters. The molecule has 3 aromatic heterocycles. The van der Waals surface area contributed by atoms with E-state index in [0.717, 1.165) is 18.0 Å². The highest BCUT2D eigenvalue weighted by molar-refractivity contribution is 7.93. The highest BCUT2D eigenvalue weighted by atomic mass is 32.2. The number of hydrogen-bond acceptors (Lipinski definition) is 7. The van der Waals surface area contributed by atoms with E-state index in [-0.39, 0.29) is 5.52 Å². The maximum atomic E-state index is 12.9. The van der Waals surface area contributed by atoms with Gasteiger partial charge in [-0.15, -0.1) is 0 Å². The summed E-state index contributed by atoms with van der Waals surface area (Å²) >= 11 is 0.459. The molecule has 0 aromatic carbocycles. The zero-order chi connectivity index (χ0) is 21.0. The van der Waals surface area contributed by atoms with Crippen LogP contribution in [-0.2, 0) is 13.2 Å². The van der Waals surface area contributed by atoms with Crippen LogP contribution in [-0.4, -0.2) is 29.7 Å². The lowest BCUT2D eigenvalue weighted by molar-refractivity contribution is -0.141. The molecule has 4 rings (SSSR count). The predicted octanol–water partition coefficient (Wildman–Crippen LogP) is 4.22. The molecular formula is C18H16F3N5O2S. The molecule has 152 valence electrons. The number of ether oxygens (including phenoxy) is 1. The minimum Gasteiger partial charge on any atom is -0.480 e. The van der Waals surface area contributed by atoms with Crippen LogP contribution in [0.4, 0.5) is 13.2 Å². The van der Waals surface area contributed by atoms with Crippen LogP contribution in [0.3, 0.4) is 0 Å². The fourth-order valence-electron chi connectivity index (χ4n) is 2.91. The van der Waals surface area contributed by atoms with E-state index in [2.05, 4.69) is 20.3 Å². The summed E-state index contributed by atoms with van der Waals surface area (Å²) in [6.45, 7) is 3.77. The zero-order valence-electron chi connectivity index (χ0n) is 15.6. The second kappa shape index (κ2) is 6.63. The van der Waals surface area contributed by atoms with Crippen molar-refractivity contribution in [3.8, 4) is 17.3 Å². The van der Waals surface area contributed by atoms with Crippen LogP contribution in [0.1, 0.15) is 19.5 Å². The van der Waals surface area contributed by atoms with E-state index in [1.54, 1.807) is 17.7 Å². The molecule has 1 aliphatic heterocycles. The van der Waals surface area contributed by atoms with Crippen molar-refractivity contribution in [2.24, 2.45) is 7.05 Å². The van der Waals surface area contributed by atoms with Gasteiger partial charge in [0.15, 0.2) is 5.82 Å². The van der Waals surface area contributed by atoms with Crippen LogP contribution < -0.4 is 10.1 Å². The maximum Gasteiger partial charge on any atom is 0.433 e. The van der Waals surface area contributed by atoms with E-state index in [1.807, 2.05) is 20.0 Å². The first-order valence-corrected chi connectivity index (χ1v) is 9.25. The number of aromatic nitrogens is 4. The summed E-state index contributed by atoms with van der Waals surface area (Å²) in [7, 11) is 1.64. The number of imidazole rings is 1. The van der Waals surface area contributed by atoms with E-state index in [4.69, 9.17) is 4.74 Å². The average Bonchev–Trinajstić information content (AvgIpc) is 3.46. The first kappa shape index (κ1) is 19.5. The lowest BCUT2D eigenvalue weighted by Crippen LogP contribution is -2.29. The molecule has 0 bridgehead atoms. The number of halogens is 3. The van der Waals surface area contributed by atoms with Crippen molar-refractivity contribution in [2.45, 2.75) is 30.5 Å². The molecule has 0 aliphatic carbocycles. The number of aryl methyl sites for hydroxylation is 1. The highest BCUT2D eigenvalue weighted by Crippen LogP contribution is 2.35. The molecule has 2 N–H and O–H groups in total. The molecule has 0 spiro atoms. The number of alkyl halides is 3. The lowest BCUT2D eigenvalue weighted by Gasteiger charge is -2.23. The lowest BCUT2D eigenvalue weighted by atomic mass is 10.1. The molecule has 0 amide bonds. The summed E-state index contributed by atoms with van der Waals surface area (Å²) in [5.74, 6) is 0.736. The number of pyridine rings is 2. The minimum absolute atomic E-state index is 0.133. The smallest absolute Gasteiger partial charge is 0.433 e. The summed E-state index contributed by atoms with van der Waals surface area (Å²) in [4.78, 5) is 12.5. The number of nitrogens with one attached hydrogen (secondary N) is 1. The molecule has 3 aromatic rings. The molecule has 0 atom stereocenters. The van der Waals surface area contributed by atoms with Crippen molar-refractivity contribution < 1.29 is 22.5 Å². The van der Waals surface area contributed by atoms with Gasteiger partial charge in [0.1, 0.15) is 22.7 Å². The molecule has 29 heavy (non-hydrogen) atoms. The Morgan fingerprint density at radius 1 is 1.17 bits per heavy atom. The normalized spacial score (nSPS) is 14.0. The summed E-state index contributed by atoms with van der Waals surface area (Å²) in [6, 6.07) is 2.50. The van der Waals surface area contributed by atoms with Crippen molar-refractivity contribution in [2.75, 3.05) is 0 Å². The van der Waals surface area contributed by atoms with Crippen LogP contribution >= 0.6 is 12.0 Å². The monoisotopic (exact) mass is 423 g/mol. The van der Waals surface area contributed by atoms with Gasteiger partial charge in [0, 0.05) is 25.3 Å². The van der Waals surface area contributed by atoms with Crippen LogP contribution in [0.15, 0.2) is 41.3 Å². The van der Waals surface area contributed by atoms with Gasteiger partial charge >= 0.3 is 6.18 Å². The van der Waals surface area contributed by atoms with E-state index in [1.165, 1.54) is 6.20 Å². The van der Waals surface area contributed by atoms with Gasteiger partial charge in [-0.2, -0.15) is 13.2 Å². The predicted molar refractivity (Wildman–Crippen MR) is 101 cm³/mol. The largest absolute Gasteiger partial charge is 0.480 e. The van der Waals surface area contributed by atoms with Gasteiger partial charge in [0.25, 0.3) is 0 Å². The molecule has 0 fully saturated rings. The third-order valence-electron chi connectivity index (χ3n) is 4.51. The Morgan fingerprint density at radius 2 is 1.90 bits per heavy atom. The standard InChI is InChI=1S/C18H16F3N5O2S/c1-17(2,14-8-23-14)28-9-4-12(29-27)15(24-6-9)16-25-10-5-13(18(19,20)21)22-7-11(10)26(16)3/h4-8,23,27H,1-3H3. The molecule has 7 nitrogen and oxygen atoms in total. The van der Waals surface area contributed by atoms with Crippen LogP contribution in [0.25, 0.3) is 22.6 Å². The molecule has 0 saturated heterocycles. The van der Waals surface area contributed by atoms with Crippen molar-refractivity contribution in [1.82, 2.24) is 24.8 Å².